The summed E-state index contributed by atoms with van der Waals surface area (Å²) >= 11 is 0. The molecule has 0 saturated heterocycles. The standard InChI is InChI=1S/C5H.3CO.W/c1-2-4-5-3-1;3*1-2;/h1H;;;;/q-5;;;;+2. The molecule has 0 unspecified atom stereocenters. The van der Waals surface area contributed by atoms with Crippen LogP contribution in [0.15, 0.2) is 6.07 Å². The Bertz CT molecular complexity index is 142. The zero-order chi connectivity index (χ0) is 9.54. The van der Waals surface area contributed by atoms with Crippen molar-refractivity contribution in [1.82, 2.24) is 0 Å². The zero-order valence-electron chi connectivity index (χ0n) is 5.71. The molecule has 0 N–H and O–H groups in total. The van der Waals surface area contributed by atoms with Crippen LogP contribution >= 0.6 is 0 Å². The first kappa shape index (κ1) is 22.5. The van der Waals surface area contributed by atoms with Crippen LogP contribution in [0.4, 0.5) is 0 Å². The van der Waals surface area contributed by atoms with Gasteiger partial charge in [-0.05, 0) is 0 Å². The van der Waals surface area contributed by atoms with Crippen molar-refractivity contribution in [3.8, 4) is 0 Å². The topological polar surface area (TPSA) is 59.7 Å². The van der Waals surface area contributed by atoms with E-state index in [1.165, 1.54) is 0 Å². The van der Waals surface area contributed by atoms with E-state index in [9.17, 15) is 0 Å². The third-order valence-corrected chi connectivity index (χ3v) is 0.351. The minimum atomic E-state index is 0. The first-order chi connectivity index (χ1) is 5.50. The van der Waals surface area contributed by atoms with Crippen molar-refractivity contribution in [2.24, 2.45) is 0 Å². The molecule has 0 aliphatic rings. The summed E-state index contributed by atoms with van der Waals surface area (Å²) in [6, 6.07) is 12.0. The van der Waals surface area contributed by atoms with Crippen LogP contribution in [0.1, 0.15) is 0 Å². The maximum atomic E-state index is 7.50. The second-order valence-electron chi connectivity index (χ2n) is 0.683. The fourth-order valence-corrected chi connectivity index (χ4v) is 0.180. The molecule has 1 aromatic carbocycles. The molecule has 0 saturated carbocycles. The third kappa shape index (κ3) is 34.8. The molecule has 0 aliphatic heterocycles. The van der Waals surface area contributed by atoms with Crippen molar-refractivity contribution >= 4 is 0 Å². The van der Waals surface area contributed by atoms with E-state index in [2.05, 4.69) is 44.2 Å². The molecule has 0 heterocycles. The van der Waals surface area contributed by atoms with E-state index in [0.29, 0.717) is 0 Å². The number of rotatable bonds is 0. The van der Waals surface area contributed by atoms with E-state index in [0.717, 1.165) is 0 Å². The smallest absolute Gasteiger partial charge is 0.999 e. The van der Waals surface area contributed by atoms with Gasteiger partial charge in [-0.15, -0.1) is 0 Å². The SMILES string of the molecule is [C-]#[O+].[C-]#[O+].[C-]#[O+].[W+2].[c-]1[c-][c-][cH-][c-]1. The fraction of sp³-hybridized carbons (Fsp3) is 0. The van der Waals surface area contributed by atoms with E-state index in [1.807, 2.05) is 0 Å². The molecule has 0 bridgehead atoms. The molecule has 0 atom stereocenters. The fourth-order valence-electron chi connectivity index (χ4n) is 0.180. The van der Waals surface area contributed by atoms with Crippen molar-refractivity contribution < 1.29 is 35.0 Å². The average Bonchev–Trinajstić information content (AvgIpc) is 2.71. The molecule has 1 rings (SSSR count). The van der Waals surface area contributed by atoms with E-state index in [1.54, 1.807) is 6.07 Å². The van der Waals surface area contributed by atoms with Gasteiger partial charge in [-0.25, -0.2) is 0 Å². The summed E-state index contributed by atoms with van der Waals surface area (Å²) in [6.07, 6.45) is 0. The monoisotopic (exact) mass is 329 g/mol. The van der Waals surface area contributed by atoms with E-state index in [-0.39, 0.29) is 21.1 Å². The summed E-state index contributed by atoms with van der Waals surface area (Å²) in [6.45, 7) is 13.5. The quantitative estimate of drug-likeness (QED) is 0.492. The van der Waals surface area contributed by atoms with Gasteiger partial charge < -0.3 is 30.3 Å². The first-order valence-electron chi connectivity index (χ1n) is 1.94. The molecule has 0 aliphatic carbocycles. The van der Waals surface area contributed by atoms with Gasteiger partial charge in [0.1, 0.15) is 0 Å². The Balaban J connectivity index is -0.0000000406. The van der Waals surface area contributed by atoms with Gasteiger partial charge in [0.15, 0.2) is 0 Å². The van der Waals surface area contributed by atoms with Crippen molar-refractivity contribution in [2.75, 3.05) is 0 Å². The van der Waals surface area contributed by atoms with Crippen LogP contribution < -0.4 is 0 Å². The Morgan fingerprint density at radius 3 is 1.08 bits per heavy atom. The Morgan fingerprint density at radius 1 is 0.750 bits per heavy atom. The molecule has 0 radical (unpaired) electrons. The molecule has 0 aromatic heterocycles. The van der Waals surface area contributed by atoms with Gasteiger partial charge in [0, 0.05) is 0 Å². The third-order valence-electron chi connectivity index (χ3n) is 0.351. The van der Waals surface area contributed by atoms with Gasteiger partial charge >= 0.3 is 55.0 Å². The first-order valence-corrected chi connectivity index (χ1v) is 1.94. The molecule has 0 amide bonds. The van der Waals surface area contributed by atoms with E-state index in [4.69, 9.17) is 14.0 Å². The summed E-state index contributed by atoms with van der Waals surface area (Å²) in [5.41, 5.74) is 0. The van der Waals surface area contributed by atoms with Crippen molar-refractivity contribution in [1.29, 1.82) is 0 Å². The Morgan fingerprint density at radius 2 is 1.00 bits per heavy atom. The molecule has 60 valence electrons. The van der Waals surface area contributed by atoms with Crippen LogP contribution in [-0.2, 0) is 35.0 Å². The van der Waals surface area contributed by atoms with E-state index < -0.39 is 0 Å². The van der Waals surface area contributed by atoms with Gasteiger partial charge in [0.25, 0.3) is 0 Å². The summed E-state index contributed by atoms with van der Waals surface area (Å²) in [5, 5.41) is 0. The summed E-state index contributed by atoms with van der Waals surface area (Å²) in [5.74, 6) is 0. The van der Waals surface area contributed by atoms with Gasteiger partial charge in [-0.1, -0.05) is 0 Å². The Hall–Kier alpha value is -0.742. The zero-order valence-corrected chi connectivity index (χ0v) is 8.64. The molecule has 3 nitrogen and oxygen atoms in total. The second-order valence-corrected chi connectivity index (χ2v) is 0.683. The van der Waals surface area contributed by atoms with Gasteiger partial charge in [0.2, 0.25) is 0 Å². The molecular weight excluding hydrogens is 328 g/mol. The second kappa shape index (κ2) is 48.5. The maximum Gasteiger partial charge on any atom is 2.00 e. The Kier molecular flexibility index (Phi) is 90.9. The van der Waals surface area contributed by atoms with Crippen LogP contribution in [0.25, 0.3) is 0 Å². The molecule has 12 heavy (non-hydrogen) atoms. The average molecular weight is 329 g/mol. The molecular formula is C8HO3W-3. The van der Waals surface area contributed by atoms with Crippen LogP contribution in [-0.4, -0.2) is 0 Å². The predicted molar refractivity (Wildman–Crippen MR) is 29.2 cm³/mol. The number of hydrogen-bond donors (Lipinski definition) is 0. The minimum absolute atomic E-state index is 0. The largest absolute Gasteiger partial charge is 2.00 e. The van der Waals surface area contributed by atoms with E-state index >= 15 is 0 Å². The predicted octanol–water partition coefficient (Wildman–Crippen LogP) is 0.491. The van der Waals surface area contributed by atoms with Crippen LogP contribution in [0, 0.1) is 44.2 Å². The summed E-state index contributed by atoms with van der Waals surface area (Å²) in [4.78, 5) is 0. The summed E-state index contributed by atoms with van der Waals surface area (Å²) in [7, 11) is 0. The minimum Gasteiger partial charge on any atom is -0.999 e. The van der Waals surface area contributed by atoms with Gasteiger partial charge in [0.05, 0.1) is 0 Å². The molecule has 0 spiro atoms. The molecule has 4 heteroatoms. The van der Waals surface area contributed by atoms with Crippen LogP contribution in [0.3, 0.4) is 0 Å². The van der Waals surface area contributed by atoms with Crippen LogP contribution in [0.2, 0.25) is 0 Å². The molecule has 1 aromatic rings. The maximum absolute atomic E-state index is 7.50. The summed E-state index contributed by atoms with van der Waals surface area (Å²) < 4.78 is 22.5. The van der Waals surface area contributed by atoms with Crippen molar-refractivity contribution in [3.63, 3.8) is 0 Å². The Labute approximate surface area is 85.6 Å². The van der Waals surface area contributed by atoms with Gasteiger partial charge in [-0.3, -0.25) is 0 Å². The van der Waals surface area contributed by atoms with Gasteiger partial charge in [-0.2, -0.15) is 0 Å². The normalized spacial score (nSPS) is 3.83. The van der Waals surface area contributed by atoms with Crippen molar-refractivity contribution in [2.45, 2.75) is 0 Å². The molecule has 0 fully saturated rings. The number of hydrogen-bond acceptors (Lipinski definition) is 0. The van der Waals surface area contributed by atoms with Crippen LogP contribution in [0.5, 0.6) is 0 Å². The van der Waals surface area contributed by atoms with Crippen molar-refractivity contribution in [3.05, 3.63) is 50.3 Å².